The number of anilines is 1. The Balaban J connectivity index is 2.28. The van der Waals surface area contributed by atoms with Crippen molar-refractivity contribution < 1.29 is 4.79 Å². The number of pyridine rings is 2. The quantitative estimate of drug-likeness (QED) is 0.856. The van der Waals surface area contributed by atoms with E-state index < -0.39 is 0 Å². The van der Waals surface area contributed by atoms with Crippen LogP contribution in [0.1, 0.15) is 27.3 Å². The van der Waals surface area contributed by atoms with Gasteiger partial charge in [-0.15, -0.1) is 0 Å². The lowest BCUT2D eigenvalue weighted by Crippen LogP contribution is -2.15. The zero-order valence-electron chi connectivity index (χ0n) is 11.0. The molecule has 0 aliphatic rings. The van der Waals surface area contributed by atoms with Crippen LogP contribution in [0.3, 0.4) is 0 Å². The molecule has 4 nitrogen and oxygen atoms in total. The molecule has 2 aromatic heterocycles. The van der Waals surface area contributed by atoms with Crippen molar-refractivity contribution in [3.05, 3.63) is 52.1 Å². The summed E-state index contributed by atoms with van der Waals surface area (Å²) in [7, 11) is 0. The second kappa shape index (κ2) is 5.36. The van der Waals surface area contributed by atoms with E-state index in [1.807, 2.05) is 13.8 Å². The number of halogens is 1. The van der Waals surface area contributed by atoms with E-state index in [9.17, 15) is 4.79 Å². The Hall–Kier alpha value is -1.94. The minimum absolute atomic E-state index is 0.237. The highest BCUT2D eigenvalue weighted by Crippen LogP contribution is 2.21. The van der Waals surface area contributed by atoms with E-state index in [1.54, 1.807) is 31.3 Å². The summed E-state index contributed by atoms with van der Waals surface area (Å²) in [4.78, 5) is 20.4. The summed E-state index contributed by atoms with van der Waals surface area (Å²) in [5.41, 5.74) is 3.53. The second-order valence-corrected chi connectivity index (χ2v) is 4.75. The normalized spacial score (nSPS) is 10.3. The lowest BCUT2D eigenvalue weighted by Gasteiger charge is -2.09. The van der Waals surface area contributed by atoms with Crippen molar-refractivity contribution in [1.29, 1.82) is 0 Å². The molecule has 0 unspecified atom stereocenters. The van der Waals surface area contributed by atoms with Gasteiger partial charge in [0.05, 0.1) is 16.9 Å². The molecule has 0 saturated carbocycles. The van der Waals surface area contributed by atoms with E-state index in [4.69, 9.17) is 11.6 Å². The van der Waals surface area contributed by atoms with Crippen LogP contribution in [-0.2, 0) is 0 Å². The highest BCUT2D eigenvalue weighted by Gasteiger charge is 2.12. The summed E-state index contributed by atoms with van der Waals surface area (Å²) < 4.78 is 0. The maximum atomic E-state index is 12.2. The molecule has 0 atom stereocenters. The van der Waals surface area contributed by atoms with E-state index in [0.717, 1.165) is 11.3 Å². The van der Waals surface area contributed by atoms with Crippen LogP contribution >= 0.6 is 11.6 Å². The Kier molecular flexibility index (Phi) is 3.81. The predicted octanol–water partition coefficient (Wildman–Crippen LogP) is 3.31. The molecule has 19 heavy (non-hydrogen) atoms. The molecule has 0 aliphatic carbocycles. The topological polar surface area (TPSA) is 54.9 Å². The largest absolute Gasteiger partial charge is 0.319 e. The zero-order valence-corrected chi connectivity index (χ0v) is 11.7. The summed E-state index contributed by atoms with van der Waals surface area (Å²) in [6.45, 7) is 5.58. The lowest BCUT2D eigenvalue weighted by atomic mass is 10.1. The lowest BCUT2D eigenvalue weighted by molar-refractivity contribution is 0.102. The summed E-state index contributed by atoms with van der Waals surface area (Å²) in [6, 6.07) is 5.34. The molecule has 0 aromatic carbocycles. The van der Waals surface area contributed by atoms with Gasteiger partial charge < -0.3 is 5.32 Å². The Morgan fingerprint density at radius 3 is 2.68 bits per heavy atom. The first kappa shape index (κ1) is 13.5. The number of hydrogen-bond acceptors (Lipinski definition) is 3. The van der Waals surface area contributed by atoms with Crippen molar-refractivity contribution in [2.75, 3.05) is 5.32 Å². The van der Waals surface area contributed by atoms with Crippen molar-refractivity contribution in [1.82, 2.24) is 9.97 Å². The van der Waals surface area contributed by atoms with Gasteiger partial charge in [-0.05, 0) is 44.5 Å². The molecule has 0 aliphatic heterocycles. The number of hydrogen-bond donors (Lipinski definition) is 1. The Morgan fingerprint density at radius 2 is 2.00 bits per heavy atom. The van der Waals surface area contributed by atoms with Gasteiger partial charge >= 0.3 is 0 Å². The average molecular weight is 276 g/mol. The van der Waals surface area contributed by atoms with Gasteiger partial charge in [0.25, 0.3) is 5.91 Å². The van der Waals surface area contributed by atoms with Gasteiger partial charge in [0.1, 0.15) is 0 Å². The molecule has 98 valence electrons. The third kappa shape index (κ3) is 3.09. The SMILES string of the molecule is Cc1cnc(Cl)c(NC(=O)c2ccc(C)nc2C)c1. The van der Waals surface area contributed by atoms with Crippen LogP contribution in [0, 0.1) is 20.8 Å². The molecule has 0 spiro atoms. The average Bonchev–Trinajstić information content (AvgIpc) is 2.33. The third-order valence-corrected chi connectivity index (χ3v) is 2.99. The molecule has 2 heterocycles. The van der Waals surface area contributed by atoms with Gasteiger partial charge in [-0.1, -0.05) is 11.6 Å². The minimum atomic E-state index is -0.237. The van der Waals surface area contributed by atoms with Crippen LogP contribution in [0.15, 0.2) is 24.4 Å². The summed E-state index contributed by atoms with van der Waals surface area (Å²) in [5, 5.41) is 3.03. The van der Waals surface area contributed by atoms with Crippen LogP contribution in [0.25, 0.3) is 0 Å². The molecule has 0 saturated heterocycles. The van der Waals surface area contributed by atoms with Gasteiger partial charge in [0, 0.05) is 11.9 Å². The number of amides is 1. The van der Waals surface area contributed by atoms with Gasteiger partial charge in [-0.2, -0.15) is 0 Å². The number of aryl methyl sites for hydroxylation is 3. The fourth-order valence-electron chi connectivity index (χ4n) is 1.76. The first-order chi connectivity index (χ1) is 8.97. The number of carbonyl (C=O) groups excluding carboxylic acids is 1. The molecular formula is C14H14ClN3O. The number of aromatic nitrogens is 2. The van der Waals surface area contributed by atoms with Crippen molar-refractivity contribution >= 4 is 23.2 Å². The number of nitrogens with one attached hydrogen (secondary N) is 1. The number of carbonyl (C=O) groups is 1. The maximum Gasteiger partial charge on any atom is 0.257 e. The number of rotatable bonds is 2. The van der Waals surface area contributed by atoms with E-state index in [0.29, 0.717) is 16.9 Å². The molecule has 5 heteroatoms. The zero-order chi connectivity index (χ0) is 14.0. The van der Waals surface area contributed by atoms with Crippen LogP contribution in [0.4, 0.5) is 5.69 Å². The van der Waals surface area contributed by atoms with Crippen LogP contribution < -0.4 is 5.32 Å². The van der Waals surface area contributed by atoms with E-state index in [2.05, 4.69) is 15.3 Å². The van der Waals surface area contributed by atoms with E-state index >= 15 is 0 Å². The second-order valence-electron chi connectivity index (χ2n) is 4.39. The fourth-order valence-corrected chi connectivity index (χ4v) is 1.91. The summed E-state index contributed by atoms with van der Waals surface area (Å²) >= 11 is 5.95. The van der Waals surface area contributed by atoms with E-state index in [-0.39, 0.29) is 11.1 Å². The van der Waals surface area contributed by atoms with Crippen molar-refractivity contribution in [3.63, 3.8) is 0 Å². The van der Waals surface area contributed by atoms with Crippen molar-refractivity contribution in [2.45, 2.75) is 20.8 Å². The van der Waals surface area contributed by atoms with E-state index in [1.165, 1.54) is 0 Å². The Morgan fingerprint density at radius 1 is 1.26 bits per heavy atom. The molecule has 2 aromatic rings. The molecular weight excluding hydrogens is 262 g/mol. The molecule has 0 fully saturated rings. The smallest absolute Gasteiger partial charge is 0.257 e. The van der Waals surface area contributed by atoms with Crippen LogP contribution in [0.2, 0.25) is 5.15 Å². The van der Waals surface area contributed by atoms with Crippen LogP contribution in [-0.4, -0.2) is 15.9 Å². The molecule has 1 amide bonds. The maximum absolute atomic E-state index is 12.2. The molecule has 0 bridgehead atoms. The Bertz CT molecular complexity index is 641. The predicted molar refractivity (Wildman–Crippen MR) is 75.6 cm³/mol. The third-order valence-electron chi connectivity index (χ3n) is 2.69. The first-order valence-electron chi connectivity index (χ1n) is 5.85. The fraction of sp³-hybridized carbons (Fsp3) is 0.214. The molecule has 2 rings (SSSR count). The van der Waals surface area contributed by atoms with Gasteiger partial charge in [-0.3, -0.25) is 9.78 Å². The Labute approximate surface area is 116 Å². The number of nitrogens with zero attached hydrogens (tertiary/aromatic N) is 2. The van der Waals surface area contributed by atoms with Crippen molar-refractivity contribution in [3.8, 4) is 0 Å². The molecule has 0 radical (unpaired) electrons. The monoisotopic (exact) mass is 275 g/mol. The van der Waals surface area contributed by atoms with Crippen LogP contribution in [0.5, 0.6) is 0 Å². The molecule has 1 N–H and O–H groups in total. The highest BCUT2D eigenvalue weighted by atomic mass is 35.5. The summed E-state index contributed by atoms with van der Waals surface area (Å²) in [5.74, 6) is -0.237. The van der Waals surface area contributed by atoms with Gasteiger partial charge in [0.2, 0.25) is 0 Å². The minimum Gasteiger partial charge on any atom is -0.319 e. The highest BCUT2D eigenvalue weighted by molar-refractivity contribution is 6.32. The van der Waals surface area contributed by atoms with Crippen molar-refractivity contribution in [2.24, 2.45) is 0 Å². The van der Waals surface area contributed by atoms with Gasteiger partial charge in [-0.25, -0.2) is 4.98 Å². The standard InChI is InChI=1S/C14H14ClN3O/c1-8-6-12(13(15)16-7-8)18-14(19)11-5-4-9(2)17-10(11)3/h4-7H,1-3H3,(H,18,19). The first-order valence-corrected chi connectivity index (χ1v) is 6.23. The summed E-state index contributed by atoms with van der Waals surface area (Å²) in [6.07, 6.45) is 1.65. The van der Waals surface area contributed by atoms with Gasteiger partial charge in [0.15, 0.2) is 5.15 Å².